The zero-order valence-corrected chi connectivity index (χ0v) is 23.2. The highest BCUT2D eigenvalue weighted by Crippen LogP contribution is 2.24. The third-order valence-electron chi connectivity index (χ3n) is 5.71. The number of amides is 2. The van der Waals surface area contributed by atoms with Crippen LogP contribution in [0.5, 0.6) is 11.5 Å². The summed E-state index contributed by atoms with van der Waals surface area (Å²) in [7, 11) is 1.25. The molecule has 0 aliphatic heterocycles. The molecule has 4 aromatic carbocycles. The molecule has 1 unspecified atom stereocenters. The number of anilines is 1. The molecule has 4 rings (SSSR count). The van der Waals surface area contributed by atoms with Crippen LogP contribution in [0.25, 0.3) is 0 Å². The zero-order chi connectivity index (χ0) is 27.8. The maximum absolute atomic E-state index is 13.3. The molecule has 0 fully saturated rings. The number of esters is 1. The maximum atomic E-state index is 13.3. The molecule has 0 aliphatic rings. The van der Waals surface area contributed by atoms with Crippen LogP contribution in [0.3, 0.4) is 0 Å². The summed E-state index contributed by atoms with van der Waals surface area (Å²) < 4.78 is 11.6. The monoisotopic (exact) mass is 606 g/mol. The van der Waals surface area contributed by atoms with Crippen LogP contribution in [0.1, 0.15) is 26.3 Å². The van der Waals surface area contributed by atoms with E-state index in [0.717, 1.165) is 10.0 Å². The van der Waals surface area contributed by atoms with Crippen molar-refractivity contribution in [2.45, 2.75) is 12.5 Å². The summed E-state index contributed by atoms with van der Waals surface area (Å²) in [6.07, 6.45) is 0.214. The molecule has 7 nitrogen and oxygen atoms in total. The third kappa shape index (κ3) is 7.69. The molecule has 0 radical (unpaired) electrons. The highest BCUT2D eigenvalue weighted by Gasteiger charge is 2.24. The lowest BCUT2D eigenvalue weighted by atomic mass is 10.0. The molecule has 0 aromatic heterocycles. The van der Waals surface area contributed by atoms with E-state index in [1.807, 2.05) is 54.6 Å². The van der Waals surface area contributed by atoms with Gasteiger partial charge in [0.15, 0.2) is 0 Å². The largest absolute Gasteiger partial charge is 0.467 e. The minimum absolute atomic E-state index is 0.101. The number of nitrogens with one attached hydrogen (secondary N) is 2. The Hall–Kier alpha value is -4.14. The Labute approximate surface area is 239 Å². The van der Waals surface area contributed by atoms with Crippen molar-refractivity contribution in [2.75, 3.05) is 12.4 Å². The molecular weight excluding hydrogens is 584 g/mol. The highest BCUT2D eigenvalue weighted by molar-refractivity contribution is 9.10. The van der Waals surface area contributed by atoms with E-state index in [0.29, 0.717) is 22.1 Å². The van der Waals surface area contributed by atoms with Gasteiger partial charge in [0.25, 0.3) is 11.8 Å². The van der Waals surface area contributed by atoms with Crippen molar-refractivity contribution in [3.05, 3.63) is 123 Å². The number of hydrogen-bond acceptors (Lipinski definition) is 5. The summed E-state index contributed by atoms with van der Waals surface area (Å²) in [6.45, 7) is 0. The maximum Gasteiger partial charge on any atom is 0.328 e. The number of benzene rings is 4. The quantitative estimate of drug-likeness (QED) is 0.208. The van der Waals surface area contributed by atoms with E-state index in [2.05, 4.69) is 26.6 Å². The molecule has 198 valence electrons. The van der Waals surface area contributed by atoms with Crippen molar-refractivity contribution >= 4 is 51.0 Å². The van der Waals surface area contributed by atoms with Crippen LogP contribution in [0.15, 0.2) is 102 Å². The fourth-order valence-electron chi connectivity index (χ4n) is 3.73. The number of carbonyl (C=O) groups is 3. The van der Waals surface area contributed by atoms with Crippen LogP contribution in [0.2, 0.25) is 5.02 Å². The van der Waals surface area contributed by atoms with E-state index < -0.39 is 23.8 Å². The van der Waals surface area contributed by atoms with Crippen molar-refractivity contribution in [1.82, 2.24) is 5.32 Å². The molecule has 2 amide bonds. The summed E-state index contributed by atoms with van der Waals surface area (Å²) in [5, 5.41) is 5.76. The van der Waals surface area contributed by atoms with E-state index in [9.17, 15) is 14.4 Å². The first kappa shape index (κ1) is 27.9. The number of rotatable bonds is 9. The third-order valence-corrected chi connectivity index (χ3v) is 6.48. The van der Waals surface area contributed by atoms with Crippen LogP contribution in [0.4, 0.5) is 5.69 Å². The lowest BCUT2D eigenvalue weighted by Gasteiger charge is -2.18. The van der Waals surface area contributed by atoms with Crippen LogP contribution in [-0.4, -0.2) is 30.9 Å². The van der Waals surface area contributed by atoms with Crippen molar-refractivity contribution in [2.24, 2.45) is 0 Å². The van der Waals surface area contributed by atoms with Gasteiger partial charge in [0.1, 0.15) is 17.5 Å². The number of halogens is 2. The van der Waals surface area contributed by atoms with Crippen molar-refractivity contribution < 1.29 is 23.9 Å². The van der Waals surface area contributed by atoms with E-state index in [1.54, 1.807) is 30.3 Å². The minimum atomic E-state index is -0.955. The first-order valence-corrected chi connectivity index (χ1v) is 13.1. The summed E-state index contributed by atoms with van der Waals surface area (Å²) >= 11 is 9.55. The number of hydrogen-bond donors (Lipinski definition) is 2. The van der Waals surface area contributed by atoms with E-state index in [4.69, 9.17) is 21.1 Å². The Balaban J connectivity index is 1.49. The summed E-state index contributed by atoms with van der Waals surface area (Å²) in [5.74, 6) is -0.374. The molecule has 1 atom stereocenters. The molecule has 2 N–H and O–H groups in total. The van der Waals surface area contributed by atoms with Crippen LogP contribution >= 0.6 is 27.5 Å². The Morgan fingerprint density at radius 3 is 2.18 bits per heavy atom. The minimum Gasteiger partial charge on any atom is -0.467 e. The number of carbonyl (C=O) groups excluding carboxylic acids is 3. The Bertz CT molecular complexity index is 1460. The summed E-state index contributed by atoms with van der Waals surface area (Å²) in [4.78, 5) is 38.7. The molecule has 0 saturated heterocycles. The number of ether oxygens (including phenoxy) is 2. The van der Waals surface area contributed by atoms with E-state index in [-0.39, 0.29) is 17.7 Å². The van der Waals surface area contributed by atoms with Gasteiger partial charge in [-0.25, -0.2) is 4.79 Å². The fraction of sp³-hybridized carbons (Fsp3) is 0.100. The zero-order valence-electron chi connectivity index (χ0n) is 20.8. The molecule has 39 heavy (non-hydrogen) atoms. The average molecular weight is 608 g/mol. The molecule has 0 saturated carbocycles. The topological polar surface area (TPSA) is 93.7 Å². The van der Waals surface area contributed by atoms with Gasteiger partial charge in [0, 0.05) is 21.5 Å². The van der Waals surface area contributed by atoms with E-state index in [1.165, 1.54) is 19.2 Å². The molecule has 0 bridgehead atoms. The molecule has 9 heteroatoms. The van der Waals surface area contributed by atoms with Crippen molar-refractivity contribution in [3.8, 4) is 11.5 Å². The van der Waals surface area contributed by atoms with Crippen LogP contribution in [-0.2, 0) is 16.0 Å². The van der Waals surface area contributed by atoms with Gasteiger partial charge < -0.3 is 20.1 Å². The molecule has 0 spiro atoms. The summed E-state index contributed by atoms with van der Waals surface area (Å²) in [5.41, 5.74) is 1.52. The molecular formula is C30H24BrClN2O5. The van der Waals surface area contributed by atoms with Gasteiger partial charge in [0.2, 0.25) is 0 Å². The van der Waals surface area contributed by atoms with Crippen molar-refractivity contribution in [1.29, 1.82) is 0 Å². The second-order valence-corrected chi connectivity index (χ2v) is 9.82. The van der Waals surface area contributed by atoms with Crippen LogP contribution in [0, 0.1) is 0 Å². The van der Waals surface area contributed by atoms with Crippen molar-refractivity contribution in [3.63, 3.8) is 0 Å². The summed E-state index contributed by atoms with van der Waals surface area (Å²) in [6, 6.07) is 26.8. The lowest BCUT2D eigenvalue weighted by Crippen LogP contribution is -2.43. The SMILES string of the molecule is COC(=O)C(Cc1ccc(Br)cc1)NC(=O)c1cc(Cl)ccc1NC(=O)c1ccc(Oc2ccccc2)cc1. The average Bonchev–Trinajstić information content (AvgIpc) is 2.95. The predicted octanol–water partition coefficient (Wildman–Crippen LogP) is 6.66. The fourth-order valence-corrected chi connectivity index (χ4v) is 4.17. The Morgan fingerprint density at radius 1 is 0.846 bits per heavy atom. The highest BCUT2D eigenvalue weighted by atomic mass is 79.9. The van der Waals surface area contributed by atoms with Gasteiger partial charge in [-0.15, -0.1) is 0 Å². The molecule has 0 heterocycles. The van der Waals surface area contributed by atoms with Gasteiger partial charge in [0.05, 0.1) is 18.4 Å². The Kier molecular flexibility index (Phi) is 9.35. The molecule has 0 aliphatic carbocycles. The van der Waals surface area contributed by atoms with E-state index >= 15 is 0 Å². The standard InChI is InChI=1S/C30H24BrClN2O5/c1-38-30(37)27(17-19-7-11-21(31)12-8-19)34-29(36)25-18-22(32)13-16-26(25)33-28(35)20-9-14-24(15-10-20)39-23-5-3-2-4-6-23/h2-16,18,27H,17H2,1H3,(H,33,35)(H,34,36). The number of para-hydroxylation sites is 1. The first-order chi connectivity index (χ1) is 18.8. The second-order valence-electron chi connectivity index (χ2n) is 8.46. The second kappa shape index (κ2) is 13.1. The van der Waals surface area contributed by atoms with Gasteiger partial charge in [-0.05, 0) is 72.3 Å². The van der Waals surface area contributed by atoms with Gasteiger partial charge in [-0.1, -0.05) is 57.9 Å². The smallest absolute Gasteiger partial charge is 0.328 e. The van der Waals surface area contributed by atoms with Gasteiger partial charge >= 0.3 is 5.97 Å². The predicted molar refractivity (Wildman–Crippen MR) is 153 cm³/mol. The van der Waals surface area contributed by atoms with Crippen LogP contribution < -0.4 is 15.4 Å². The van der Waals surface area contributed by atoms with Gasteiger partial charge in [-0.3, -0.25) is 9.59 Å². The Morgan fingerprint density at radius 2 is 1.51 bits per heavy atom. The van der Waals surface area contributed by atoms with Gasteiger partial charge in [-0.2, -0.15) is 0 Å². The molecule has 4 aromatic rings. The number of methoxy groups -OCH3 is 1. The normalized spacial score (nSPS) is 11.3. The first-order valence-electron chi connectivity index (χ1n) is 11.9. The lowest BCUT2D eigenvalue weighted by molar-refractivity contribution is -0.142.